The number of benzene rings is 1. The molecule has 2 aliphatic rings. The van der Waals surface area contributed by atoms with Gasteiger partial charge in [-0.1, -0.05) is 18.2 Å². The third kappa shape index (κ3) is 3.78. The molecule has 1 N–H and O–H groups in total. The van der Waals surface area contributed by atoms with Gasteiger partial charge in [0.1, 0.15) is 18.0 Å². The SMILES string of the molecule is Cc1c(NC(=O)CN2CCOc3ccccc3C2)c(N2CCCC2)nn1C. The Bertz CT molecular complexity index is 826. The summed E-state index contributed by atoms with van der Waals surface area (Å²) in [6.45, 7) is 6.37. The van der Waals surface area contributed by atoms with Gasteiger partial charge in [0.2, 0.25) is 5.91 Å². The Labute approximate surface area is 159 Å². The first-order valence-electron chi connectivity index (χ1n) is 9.63. The average molecular weight is 369 g/mol. The topological polar surface area (TPSA) is 62.6 Å². The highest BCUT2D eigenvalue weighted by molar-refractivity contribution is 5.95. The first kappa shape index (κ1) is 17.9. The van der Waals surface area contributed by atoms with Crippen molar-refractivity contribution in [1.82, 2.24) is 14.7 Å². The van der Waals surface area contributed by atoms with Crippen LogP contribution in [0.3, 0.4) is 0 Å². The summed E-state index contributed by atoms with van der Waals surface area (Å²) < 4.78 is 7.64. The zero-order valence-corrected chi connectivity index (χ0v) is 16.1. The predicted octanol–water partition coefficient (Wildman–Crippen LogP) is 2.16. The largest absolute Gasteiger partial charge is 0.492 e. The molecular formula is C20H27N5O2. The van der Waals surface area contributed by atoms with Crippen LogP contribution in [0.2, 0.25) is 0 Å². The van der Waals surface area contributed by atoms with Crippen LogP contribution in [0.4, 0.5) is 11.5 Å². The van der Waals surface area contributed by atoms with Crippen molar-refractivity contribution < 1.29 is 9.53 Å². The van der Waals surface area contributed by atoms with Crippen LogP contribution in [0.1, 0.15) is 24.1 Å². The summed E-state index contributed by atoms with van der Waals surface area (Å²) in [5.74, 6) is 1.80. The number of hydrogen-bond donors (Lipinski definition) is 1. The van der Waals surface area contributed by atoms with Gasteiger partial charge in [0.15, 0.2) is 5.82 Å². The van der Waals surface area contributed by atoms with E-state index < -0.39 is 0 Å². The summed E-state index contributed by atoms with van der Waals surface area (Å²) in [4.78, 5) is 17.2. The number of ether oxygens (including phenoxy) is 1. The van der Waals surface area contributed by atoms with Crippen LogP contribution in [0.15, 0.2) is 24.3 Å². The molecule has 7 nitrogen and oxygen atoms in total. The molecule has 3 heterocycles. The van der Waals surface area contributed by atoms with Crippen molar-refractivity contribution >= 4 is 17.4 Å². The van der Waals surface area contributed by atoms with Crippen molar-refractivity contribution in [3.63, 3.8) is 0 Å². The Morgan fingerprint density at radius 3 is 2.81 bits per heavy atom. The number of carbonyl (C=O) groups excluding carboxylic acids is 1. The number of carbonyl (C=O) groups is 1. The summed E-state index contributed by atoms with van der Waals surface area (Å²) >= 11 is 0. The standard InChI is InChI=1S/C20H27N5O2/c1-15-19(20(22-23(15)2)25-9-5-6-10-25)21-18(26)14-24-11-12-27-17-8-4-3-7-16(17)13-24/h3-4,7-8H,5-6,9-14H2,1-2H3,(H,21,26). The highest BCUT2D eigenvalue weighted by atomic mass is 16.5. The predicted molar refractivity (Wildman–Crippen MR) is 105 cm³/mol. The zero-order valence-electron chi connectivity index (χ0n) is 16.1. The van der Waals surface area contributed by atoms with E-state index in [9.17, 15) is 4.79 Å². The van der Waals surface area contributed by atoms with Gasteiger partial charge in [0, 0.05) is 38.8 Å². The maximum atomic E-state index is 12.8. The molecule has 1 aromatic carbocycles. The molecule has 0 saturated carbocycles. The zero-order chi connectivity index (χ0) is 18.8. The fourth-order valence-corrected chi connectivity index (χ4v) is 3.78. The van der Waals surface area contributed by atoms with E-state index in [1.165, 1.54) is 12.8 Å². The maximum Gasteiger partial charge on any atom is 0.238 e. The van der Waals surface area contributed by atoms with E-state index in [4.69, 9.17) is 4.74 Å². The van der Waals surface area contributed by atoms with Gasteiger partial charge < -0.3 is 15.0 Å². The highest BCUT2D eigenvalue weighted by Crippen LogP contribution is 2.30. The van der Waals surface area contributed by atoms with E-state index in [1.54, 1.807) is 0 Å². The average Bonchev–Trinajstić information content (AvgIpc) is 3.21. The van der Waals surface area contributed by atoms with Crippen LogP contribution in [0.25, 0.3) is 0 Å². The highest BCUT2D eigenvalue weighted by Gasteiger charge is 2.24. The van der Waals surface area contributed by atoms with Crippen LogP contribution in [0.5, 0.6) is 5.75 Å². The van der Waals surface area contributed by atoms with Gasteiger partial charge in [0.05, 0.1) is 12.2 Å². The third-order valence-electron chi connectivity index (χ3n) is 5.38. The van der Waals surface area contributed by atoms with Crippen LogP contribution >= 0.6 is 0 Å². The molecule has 0 radical (unpaired) electrons. The lowest BCUT2D eigenvalue weighted by Crippen LogP contribution is -2.34. The lowest BCUT2D eigenvalue weighted by Gasteiger charge is -2.20. The Hall–Kier alpha value is -2.54. The summed E-state index contributed by atoms with van der Waals surface area (Å²) in [5.41, 5.74) is 2.95. The molecule has 0 bridgehead atoms. The van der Waals surface area contributed by atoms with Gasteiger partial charge in [0.25, 0.3) is 0 Å². The number of amides is 1. The van der Waals surface area contributed by atoms with Gasteiger partial charge >= 0.3 is 0 Å². The van der Waals surface area contributed by atoms with Gasteiger partial charge in [-0.3, -0.25) is 14.4 Å². The number of nitrogens with zero attached hydrogens (tertiary/aromatic N) is 4. The summed E-state index contributed by atoms with van der Waals surface area (Å²) in [6.07, 6.45) is 2.35. The molecule has 7 heteroatoms. The van der Waals surface area contributed by atoms with Crippen molar-refractivity contribution in [2.45, 2.75) is 26.3 Å². The number of anilines is 2. The molecule has 2 aromatic rings. The molecule has 1 fully saturated rings. The minimum absolute atomic E-state index is 0.00840. The van der Waals surface area contributed by atoms with E-state index in [0.717, 1.165) is 48.1 Å². The number of rotatable bonds is 4. The second-order valence-electron chi connectivity index (χ2n) is 7.32. The van der Waals surface area contributed by atoms with Crippen molar-refractivity contribution in [2.24, 2.45) is 7.05 Å². The minimum atomic E-state index is -0.00840. The van der Waals surface area contributed by atoms with Crippen molar-refractivity contribution in [2.75, 3.05) is 43.0 Å². The normalized spacial score (nSPS) is 17.3. The Balaban J connectivity index is 1.45. The van der Waals surface area contributed by atoms with Crippen molar-refractivity contribution in [3.8, 4) is 5.75 Å². The molecule has 1 saturated heterocycles. The van der Waals surface area contributed by atoms with Crippen molar-refractivity contribution in [1.29, 1.82) is 0 Å². The Morgan fingerprint density at radius 2 is 2.00 bits per heavy atom. The van der Waals surface area contributed by atoms with Crippen molar-refractivity contribution in [3.05, 3.63) is 35.5 Å². The van der Waals surface area contributed by atoms with E-state index in [2.05, 4.69) is 26.3 Å². The van der Waals surface area contributed by atoms with E-state index in [0.29, 0.717) is 19.7 Å². The molecule has 2 aliphatic heterocycles. The van der Waals surface area contributed by atoms with Gasteiger partial charge in [-0.15, -0.1) is 0 Å². The summed E-state index contributed by atoms with van der Waals surface area (Å²) in [6, 6.07) is 8.03. The fraction of sp³-hybridized carbons (Fsp3) is 0.500. The molecule has 0 spiro atoms. The van der Waals surface area contributed by atoms with Crippen LogP contribution in [-0.2, 0) is 18.4 Å². The molecule has 0 unspecified atom stereocenters. The second kappa shape index (κ2) is 7.60. The van der Waals surface area contributed by atoms with Gasteiger partial charge in [-0.25, -0.2) is 0 Å². The number of aromatic nitrogens is 2. The smallest absolute Gasteiger partial charge is 0.238 e. The lowest BCUT2D eigenvalue weighted by atomic mass is 10.2. The second-order valence-corrected chi connectivity index (χ2v) is 7.32. The number of fused-ring (bicyclic) bond motifs is 1. The molecule has 1 aromatic heterocycles. The number of para-hydroxylation sites is 1. The minimum Gasteiger partial charge on any atom is -0.492 e. The summed E-state index contributed by atoms with van der Waals surface area (Å²) in [5, 5.41) is 7.75. The number of nitrogens with one attached hydrogen (secondary N) is 1. The van der Waals surface area contributed by atoms with E-state index in [-0.39, 0.29) is 5.91 Å². The first-order chi connectivity index (χ1) is 13.1. The van der Waals surface area contributed by atoms with Crippen LogP contribution in [0, 0.1) is 6.92 Å². The third-order valence-corrected chi connectivity index (χ3v) is 5.38. The van der Waals surface area contributed by atoms with Gasteiger partial charge in [-0.2, -0.15) is 5.10 Å². The number of aryl methyl sites for hydroxylation is 1. The Morgan fingerprint density at radius 1 is 1.22 bits per heavy atom. The van der Waals surface area contributed by atoms with E-state index in [1.807, 2.05) is 36.9 Å². The quantitative estimate of drug-likeness (QED) is 0.895. The Kier molecular flexibility index (Phi) is 5.03. The number of hydrogen-bond acceptors (Lipinski definition) is 5. The molecular weight excluding hydrogens is 342 g/mol. The fourth-order valence-electron chi connectivity index (χ4n) is 3.78. The monoisotopic (exact) mass is 369 g/mol. The lowest BCUT2D eigenvalue weighted by molar-refractivity contribution is -0.117. The molecule has 1 amide bonds. The molecule has 0 atom stereocenters. The molecule has 27 heavy (non-hydrogen) atoms. The first-order valence-corrected chi connectivity index (χ1v) is 9.63. The van der Waals surface area contributed by atoms with Gasteiger partial charge in [-0.05, 0) is 25.8 Å². The molecule has 4 rings (SSSR count). The molecule has 144 valence electrons. The summed E-state index contributed by atoms with van der Waals surface area (Å²) in [7, 11) is 1.92. The van der Waals surface area contributed by atoms with Crippen LogP contribution in [-0.4, -0.2) is 53.4 Å². The molecule has 0 aliphatic carbocycles. The van der Waals surface area contributed by atoms with Crippen LogP contribution < -0.4 is 15.0 Å². The maximum absolute atomic E-state index is 12.8. The van der Waals surface area contributed by atoms with E-state index >= 15 is 0 Å².